The molecule has 0 aromatic heterocycles. The number of nitrogens with zero attached hydrogens (tertiary/aromatic N) is 2. The zero-order valence-electron chi connectivity index (χ0n) is 14.4. The Balaban J connectivity index is 1.48. The van der Waals surface area contributed by atoms with Crippen molar-refractivity contribution in [3.8, 4) is 0 Å². The van der Waals surface area contributed by atoms with Gasteiger partial charge in [-0.3, -0.25) is 4.99 Å². The maximum atomic E-state index is 12.9. The third-order valence-corrected chi connectivity index (χ3v) is 4.18. The Morgan fingerprint density at radius 1 is 0.920 bits per heavy atom. The minimum atomic E-state index is -0.223. The van der Waals surface area contributed by atoms with Crippen LogP contribution in [0.4, 0.5) is 10.1 Å². The van der Waals surface area contributed by atoms with Crippen molar-refractivity contribution >= 4 is 11.6 Å². The van der Waals surface area contributed by atoms with Crippen LogP contribution >= 0.6 is 0 Å². The van der Waals surface area contributed by atoms with Gasteiger partial charge in [0.25, 0.3) is 0 Å². The molecule has 0 bridgehead atoms. The molecule has 2 aromatic carbocycles. The van der Waals surface area contributed by atoms with E-state index in [1.807, 2.05) is 0 Å². The lowest BCUT2D eigenvalue weighted by Crippen LogP contribution is -2.36. The summed E-state index contributed by atoms with van der Waals surface area (Å²) in [4.78, 5) is 6.54. The highest BCUT2D eigenvalue weighted by Gasteiger charge is 2.07. The molecule has 0 saturated heterocycles. The van der Waals surface area contributed by atoms with Gasteiger partial charge < -0.3 is 15.5 Å². The molecule has 0 amide bonds. The molecule has 1 aliphatic heterocycles. The summed E-state index contributed by atoms with van der Waals surface area (Å²) in [5.41, 5.74) is 3.45. The zero-order valence-corrected chi connectivity index (χ0v) is 14.4. The molecule has 0 fully saturated rings. The first-order valence-electron chi connectivity index (χ1n) is 8.42. The van der Waals surface area contributed by atoms with E-state index < -0.39 is 0 Å². The summed E-state index contributed by atoms with van der Waals surface area (Å²) in [5, 5.41) is 6.53. The third-order valence-electron chi connectivity index (χ3n) is 4.18. The predicted molar refractivity (Wildman–Crippen MR) is 101 cm³/mol. The molecule has 2 aromatic rings. The van der Waals surface area contributed by atoms with E-state index in [1.165, 1.54) is 23.4 Å². The first kappa shape index (κ1) is 17.0. The Hall–Kier alpha value is -2.82. The molecule has 3 rings (SSSR count). The number of hydrogen-bond acceptors (Lipinski definition) is 2. The topological polar surface area (TPSA) is 39.7 Å². The molecule has 0 radical (unpaired) electrons. The fraction of sp³-hybridized carbons (Fsp3) is 0.250. The van der Waals surface area contributed by atoms with Gasteiger partial charge in [-0.2, -0.15) is 0 Å². The number of guanidine groups is 1. The molecule has 1 heterocycles. The van der Waals surface area contributed by atoms with E-state index >= 15 is 0 Å². The first-order chi connectivity index (χ1) is 12.2. The molecule has 2 N–H and O–H groups in total. The SMILES string of the molecule is CN=C(NCc1ccc(F)cc1)NCc1ccc(N2CC=CC2)cc1. The Kier molecular flexibility index (Phi) is 5.67. The number of halogens is 1. The van der Waals surface area contributed by atoms with E-state index in [-0.39, 0.29) is 5.82 Å². The van der Waals surface area contributed by atoms with Crippen molar-refractivity contribution in [2.75, 3.05) is 25.0 Å². The molecule has 0 spiro atoms. The Morgan fingerprint density at radius 3 is 1.96 bits per heavy atom. The van der Waals surface area contributed by atoms with Crippen LogP contribution in [0.3, 0.4) is 0 Å². The van der Waals surface area contributed by atoms with Gasteiger partial charge in [-0.25, -0.2) is 4.39 Å². The summed E-state index contributed by atoms with van der Waals surface area (Å²) in [6.45, 7) is 3.26. The van der Waals surface area contributed by atoms with Crippen molar-refractivity contribution in [2.24, 2.45) is 4.99 Å². The number of anilines is 1. The average Bonchev–Trinajstić information content (AvgIpc) is 3.18. The van der Waals surface area contributed by atoms with E-state index in [0.717, 1.165) is 24.6 Å². The van der Waals surface area contributed by atoms with Crippen LogP contribution in [0.15, 0.2) is 65.7 Å². The first-order valence-corrected chi connectivity index (χ1v) is 8.42. The van der Waals surface area contributed by atoms with Gasteiger partial charge in [0.2, 0.25) is 0 Å². The number of nitrogens with one attached hydrogen (secondary N) is 2. The second-order valence-corrected chi connectivity index (χ2v) is 5.95. The van der Waals surface area contributed by atoms with Crippen LogP contribution < -0.4 is 15.5 Å². The number of hydrogen-bond donors (Lipinski definition) is 2. The number of rotatable bonds is 5. The van der Waals surface area contributed by atoms with Gasteiger partial charge in [0.1, 0.15) is 5.82 Å². The van der Waals surface area contributed by atoms with Crippen LogP contribution in [0.1, 0.15) is 11.1 Å². The van der Waals surface area contributed by atoms with Gasteiger partial charge in [-0.1, -0.05) is 36.4 Å². The molecule has 130 valence electrons. The van der Waals surface area contributed by atoms with Gasteiger partial charge in [-0.05, 0) is 35.4 Å². The van der Waals surface area contributed by atoms with Gasteiger partial charge in [-0.15, -0.1) is 0 Å². The van der Waals surface area contributed by atoms with Crippen molar-refractivity contribution in [2.45, 2.75) is 13.1 Å². The second-order valence-electron chi connectivity index (χ2n) is 5.95. The van der Waals surface area contributed by atoms with Crippen molar-refractivity contribution in [3.63, 3.8) is 0 Å². The molecule has 1 aliphatic rings. The highest BCUT2D eigenvalue weighted by Crippen LogP contribution is 2.17. The minimum absolute atomic E-state index is 0.223. The van der Waals surface area contributed by atoms with Crippen LogP contribution in [-0.4, -0.2) is 26.1 Å². The summed E-state index contributed by atoms with van der Waals surface area (Å²) in [6, 6.07) is 15.0. The maximum absolute atomic E-state index is 12.9. The highest BCUT2D eigenvalue weighted by molar-refractivity contribution is 5.79. The molecular formula is C20H23FN4. The van der Waals surface area contributed by atoms with Gasteiger partial charge in [0.05, 0.1) is 0 Å². The normalized spacial score (nSPS) is 14.0. The van der Waals surface area contributed by atoms with E-state index in [2.05, 4.69) is 56.9 Å². The lowest BCUT2D eigenvalue weighted by molar-refractivity contribution is 0.626. The number of benzene rings is 2. The highest BCUT2D eigenvalue weighted by atomic mass is 19.1. The summed E-state index contributed by atoms with van der Waals surface area (Å²) >= 11 is 0. The molecule has 25 heavy (non-hydrogen) atoms. The standard InChI is InChI=1S/C20H23FN4/c1-22-20(23-14-16-4-8-18(21)9-5-16)24-15-17-6-10-19(11-7-17)25-12-2-3-13-25/h2-11H,12-15H2,1H3,(H2,22,23,24). The Bertz CT molecular complexity index is 727. The van der Waals surface area contributed by atoms with E-state index in [4.69, 9.17) is 0 Å². The van der Waals surface area contributed by atoms with Gasteiger partial charge >= 0.3 is 0 Å². The van der Waals surface area contributed by atoms with Crippen LogP contribution in [0.2, 0.25) is 0 Å². The van der Waals surface area contributed by atoms with E-state index in [0.29, 0.717) is 13.1 Å². The van der Waals surface area contributed by atoms with Crippen molar-refractivity contribution in [1.82, 2.24) is 10.6 Å². The summed E-state index contributed by atoms with van der Waals surface area (Å²) in [7, 11) is 1.74. The van der Waals surface area contributed by atoms with Crippen molar-refractivity contribution < 1.29 is 4.39 Å². The molecule has 0 aliphatic carbocycles. The molecule has 4 nitrogen and oxygen atoms in total. The maximum Gasteiger partial charge on any atom is 0.191 e. The summed E-state index contributed by atoms with van der Waals surface area (Å²) in [5.74, 6) is 0.497. The second kappa shape index (κ2) is 8.33. The van der Waals surface area contributed by atoms with Crippen molar-refractivity contribution in [3.05, 3.63) is 77.6 Å². The van der Waals surface area contributed by atoms with Crippen LogP contribution in [0, 0.1) is 5.82 Å². The smallest absolute Gasteiger partial charge is 0.191 e. The largest absolute Gasteiger partial charge is 0.364 e. The molecule has 5 heteroatoms. The fourth-order valence-corrected chi connectivity index (χ4v) is 2.71. The minimum Gasteiger partial charge on any atom is -0.364 e. The van der Waals surface area contributed by atoms with Gasteiger partial charge in [0.15, 0.2) is 5.96 Å². The molecule has 0 atom stereocenters. The summed E-state index contributed by atoms with van der Waals surface area (Å²) in [6.07, 6.45) is 4.37. The monoisotopic (exact) mass is 338 g/mol. The predicted octanol–water partition coefficient (Wildman–Crippen LogP) is 3.07. The Morgan fingerprint density at radius 2 is 1.44 bits per heavy atom. The Labute approximate surface area is 148 Å². The summed E-state index contributed by atoms with van der Waals surface area (Å²) < 4.78 is 12.9. The van der Waals surface area contributed by atoms with E-state index in [9.17, 15) is 4.39 Å². The third kappa shape index (κ3) is 4.83. The lowest BCUT2D eigenvalue weighted by atomic mass is 10.2. The molecule has 0 saturated carbocycles. The fourth-order valence-electron chi connectivity index (χ4n) is 2.71. The molecule has 0 unspecified atom stereocenters. The lowest BCUT2D eigenvalue weighted by Gasteiger charge is -2.18. The molecular weight excluding hydrogens is 315 g/mol. The number of aliphatic imine (C=N–C) groups is 1. The zero-order chi connectivity index (χ0) is 17.5. The van der Waals surface area contributed by atoms with Crippen molar-refractivity contribution in [1.29, 1.82) is 0 Å². The van der Waals surface area contributed by atoms with Crippen LogP contribution in [0.5, 0.6) is 0 Å². The van der Waals surface area contributed by atoms with E-state index in [1.54, 1.807) is 19.2 Å². The van der Waals surface area contributed by atoms with Gasteiger partial charge in [0, 0.05) is 38.9 Å². The average molecular weight is 338 g/mol. The van der Waals surface area contributed by atoms with Crippen LogP contribution in [0.25, 0.3) is 0 Å². The quantitative estimate of drug-likeness (QED) is 0.500. The van der Waals surface area contributed by atoms with Crippen LogP contribution in [-0.2, 0) is 13.1 Å².